The van der Waals surface area contributed by atoms with Crippen molar-refractivity contribution in [2.24, 2.45) is 5.10 Å². The topological polar surface area (TPSA) is 79.2 Å². The minimum atomic E-state index is -1.06. The summed E-state index contributed by atoms with van der Waals surface area (Å²) in [5, 5.41) is 15.5. The third-order valence-corrected chi connectivity index (χ3v) is 6.27. The lowest BCUT2D eigenvalue weighted by atomic mass is 10.0. The fraction of sp³-hybridized carbons (Fsp3) is 0.296. The lowest BCUT2D eigenvalue weighted by molar-refractivity contribution is -0.139. The van der Waals surface area contributed by atoms with Gasteiger partial charge in [0.05, 0.1) is 21.3 Å². The summed E-state index contributed by atoms with van der Waals surface area (Å²) in [5.74, 6) is -0.977. The van der Waals surface area contributed by atoms with Crippen molar-refractivity contribution in [1.82, 2.24) is 0 Å². The Labute approximate surface area is 225 Å². The van der Waals surface area contributed by atoms with Gasteiger partial charge in [-0.2, -0.15) is 10.1 Å². The standard InChI is InChI=1S/C27H27Cl3N2O4/c1-2-3-4-5-6-13-23-20(12-9-11-18-10-7-8-14-24(18)36-17-25(33)34)27(35)32(31-23)26-21(29)15-19(28)16-22(26)30/h7-12,14-16H,2-6,13,17H2,1H3,(H,33,34). The number of halogens is 3. The lowest BCUT2D eigenvalue weighted by Gasteiger charge is -2.15. The summed E-state index contributed by atoms with van der Waals surface area (Å²) in [6, 6.07) is 10.1. The van der Waals surface area contributed by atoms with Crippen molar-refractivity contribution in [2.75, 3.05) is 11.6 Å². The van der Waals surface area contributed by atoms with Gasteiger partial charge in [0.25, 0.3) is 5.91 Å². The molecule has 0 aliphatic carbocycles. The van der Waals surface area contributed by atoms with E-state index in [4.69, 9.17) is 44.6 Å². The highest BCUT2D eigenvalue weighted by molar-refractivity contribution is 6.43. The fourth-order valence-corrected chi connectivity index (χ4v) is 4.71. The third kappa shape index (κ3) is 7.36. The number of carbonyl (C=O) groups excluding carboxylic acids is 1. The van der Waals surface area contributed by atoms with Crippen LogP contribution >= 0.6 is 34.8 Å². The van der Waals surface area contributed by atoms with E-state index in [1.54, 1.807) is 36.4 Å². The Morgan fingerprint density at radius 3 is 2.47 bits per heavy atom. The number of carboxylic acid groups (broad SMARTS) is 1. The number of hydrogen-bond donors (Lipinski definition) is 1. The molecule has 1 aliphatic heterocycles. The number of ether oxygens (including phenoxy) is 1. The van der Waals surface area contributed by atoms with Gasteiger partial charge in [-0.25, -0.2) is 4.79 Å². The van der Waals surface area contributed by atoms with Crippen LogP contribution in [0, 0.1) is 0 Å². The first-order valence-electron chi connectivity index (χ1n) is 11.7. The number of aliphatic carboxylic acids is 1. The average molecular weight is 550 g/mol. The first kappa shape index (κ1) is 27.8. The Balaban J connectivity index is 1.88. The van der Waals surface area contributed by atoms with Crippen LogP contribution in [0.2, 0.25) is 15.1 Å². The number of carboxylic acids is 1. The Hall–Kier alpha value is -2.80. The summed E-state index contributed by atoms with van der Waals surface area (Å²) < 4.78 is 5.35. The molecule has 9 heteroatoms. The van der Waals surface area contributed by atoms with Crippen LogP contribution < -0.4 is 9.75 Å². The molecule has 36 heavy (non-hydrogen) atoms. The molecule has 1 amide bonds. The zero-order chi connectivity index (χ0) is 26.1. The van der Waals surface area contributed by atoms with Gasteiger partial charge < -0.3 is 9.84 Å². The van der Waals surface area contributed by atoms with Crippen molar-refractivity contribution in [1.29, 1.82) is 0 Å². The molecule has 0 fully saturated rings. The van der Waals surface area contributed by atoms with Crippen LogP contribution in [0.15, 0.2) is 59.2 Å². The molecule has 0 unspecified atom stereocenters. The predicted molar refractivity (Wildman–Crippen MR) is 146 cm³/mol. The molecule has 190 valence electrons. The maximum Gasteiger partial charge on any atom is 0.341 e. The number of para-hydroxylation sites is 1. The molecule has 2 aromatic carbocycles. The summed E-state index contributed by atoms with van der Waals surface area (Å²) in [6.45, 7) is 1.71. The highest BCUT2D eigenvalue weighted by atomic mass is 35.5. The van der Waals surface area contributed by atoms with Gasteiger partial charge in [-0.15, -0.1) is 0 Å². The Bertz CT molecular complexity index is 1180. The van der Waals surface area contributed by atoms with Gasteiger partial charge in [0.15, 0.2) is 6.61 Å². The van der Waals surface area contributed by atoms with E-state index in [9.17, 15) is 9.59 Å². The number of nitrogens with zero attached hydrogens (tertiary/aromatic N) is 2. The number of carbonyl (C=O) groups is 2. The van der Waals surface area contributed by atoms with Crippen LogP contribution in [0.1, 0.15) is 51.0 Å². The van der Waals surface area contributed by atoms with Crippen LogP contribution in [0.5, 0.6) is 5.75 Å². The van der Waals surface area contributed by atoms with E-state index in [2.05, 4.69) is 12.0 Å². The zero-order valence-electron chi connectivity index (χ0n) is 19.8. The first-order valence-corrected chi connectivity index (χ1v) is 12.8. The molecule has 0 aromatic heterocycles. The van der Waals surface area contributed by atoms with Gasteiger partial charge in [-0.05, 0) is 37.1 Å². The van der Waals surface area contributed by atoms with E-state index in [0.717, 1.165) is 25.7 Å². The zero-order valence-corrected chi connectivity index (χ0v) is 22.1. The predicted octanol–water partition coefficient (Wildman–Crippen LogP) is 7.81. The normalized spacial score (nSPS) is 14.7. The molecule has 0 saturated heterocycles. The Morgan fingerprint density at radius 1 is 1.08 bits per heavy atom. The molecule has 0 atom stereocenters. The van der Waals surface area contributed by atoms with E-state index in [1.165, 1.54) is 23.6 Å². The van der Waals surface area contributed by atoms with Crippen LogP contribution in [0.4, 0.5) is 5.69 Å². The van der Waals surface area contributed by atoms with Gasteiger partial charge in [-0.1, -0.05) is 97.8 Å². The van der Waals surface area contributed by atoms with E-state index in [-0.39, 0.29) is 21.6 Å². The van der Waals surface area contributed by atoms with Gasteiger partial charge in [0.2, 0.25) is 0 Å². The third-order valence-electron chi connectivity index (χ3n) is 5.47. The number of hydrogen-bond acceptors (Lipinski definition) is 4. The molecule has 0 spiro atoms. The number of amides is 1. The summed E-state index contributed by atoms with van der Waals surface area (Å²) in [4.78, 5) is 24.3. The van der Waals surface area contributed by atoms with E-state index in [0.29, 0.717) is 34.0 Å². The van der Waals surface area contributed by atoms with Gasteiger partial charge in [0.1, 0.15) is 11.4 Å². The van der Waals surface area contributed by atoms with E-state index >= 15 is 0 Å². The highest BCUT2D eigenvalue weighted by Gasteiger charge is 2.33. The first-order chi connectivity index (χ1) is 17.3. The van der Waals surface area contributed by atoms with Crippen molar-refractivity contribution in [3.05, 3.63) is 74.8 Å². The minimum absolute atomic E-state index is 0.230. The average Bonchev–Trinajstić information content (AvgIpc) is 3.12. The molecule has 0 bridgehead atoms. The molecule has 1 N–H and O–H groups in total. The number of rotatable bonds is 12. The number of hydrazone groups is 1. The smallest absolute Gasteiger partial charge is 0.341 e. The van der Waals surface area contributed by atoms with E-state index < -0.39 is 12.6 Å². The molecular weight excluding hydrogens is 523 g/mol. The minimum Gasteiger partial charge on any atom is -0.481 e. The van der Waals surface area contributed by atoms with Gasteiger partial charge in [0, 0.05) is 10.6 Å². The quantitative estimate of drug-likeness (QED) is 0.216. The highest BCUT2D eigenvalue weighted by Crippen LogP contribution is 2.39. The second kappa shape index (κ2) is 13.5. The molecule has 0 radical (unpaired) electrons. The molecule has 6 nitrogen and oxygen atoms in total. The monoisotopic (exact) mass is 548 g/mol. The van der Waals surface area contributed by atoms with Crippen LogP contribution in [-0.2, 0) is 9.59 Å². The van der Waals surface area contributed by atoms with Crippen molar-refractivity contribution in [3.8, 4) is 5.75 Å². The molecular formula is C27H27Cl3N2O4. The van der Waals surface area contributed by atoms with E-state index in [1.807, 2.05) is 6.07 Å². The fourth-order valence-electron chi connectivity index (χ4n) is 3.73. The summed E-state index contributed by atoms with van der Waals surface area (Å²) in [7, 11) is 0. The summed E-state index contributed by atoms with van der Waals surface area (Å²) in [5.41, 5.74) is 2.06. The van der Waals surface area contributed by atoms with Crippen molar-refractivity contribution in [2.45, 2.75) is 45.4 Å². The Kier molecular flexibility index (Phi) is 10.4. The van der Waals surface area contributed by atoms with Crippen LogP contribution in [-0.4, -0.2) is 29.3 Å². The van der Waals surface area contributed by atoms with Gasteiger partial charge in [-0.3, -0.25) is 4.79 Å². The summed E-state index contributed by atoms with van der Waals surface area (Å²) in [6.07, 6.45) is 11.2. The SMILES string of the molecule is CCCCCCCC1=NN(c2c(Cl)cc(Cl)cc2Cl)C(=O)C1=CC=Cc1ccccc1OCC(=O)O. The van der Waals surface area contributed by atoms with Crippen LogP contribution in [0.3, 0.4) is 0 Å². The number of unbranched alkanes of at least 4 members (excludes halogenated alkanes) is 4. The lowest BCUT2D eigenvalue weighted by Crippen LogP contribution is -2.22. The Morgan fingerprint density at radius 2 is 1.78 bits per heavy atom. The maximum absolute atomic E-state index is 13.4. The summed E-state index contributed by atoms with van der Waals surface area (Å²) >= 11 is 18.8. The van der Waals surface area contributed by atoms with Crippen molar-refractivity contribution < 1.29 is 19.4 Å². The van der Waals surface area contributed by atoms with Crippen molar-refractivity contribution >= 4 is 64.2 Å². The van der Waals surface area contributed by atoms with Gasteiger partial charge >= 0.3 is 5.97 Å². The molecule has 2 aromatic rings. The van der Waals surface area contributed by atoms with Crippen molar-refractivity contribution in [3.63, 3.8) is 0 Å². The molecule has 1 aliphatic rings. The number of anilines is 1. The largest absolute Gasteiger partial charge is 0.481 e. The molecule has 1 heterocycles. The second-order valence-corrected chi connectivity index (χ2v) is 9.46. The second-order valence-electron chi connectivity index (χ2n) is 8.21. The number of allylic oxidation sites excluding steroid dienone is 2. The molecule has 3 rings (SSSR count). The molecule has 0 saturated carbocycles. The van der Waals surface area contributed by atoms with Crippen LogP contribution in [0.25, 0.3) is 6.08 Å². The number of benzene rings is 2. The maximum atomic E-state index is 13.4.